The van der Waals surface area contributed by atoms with E-state index in [1.165, 1.54) is 6.07 Å². The number of primary sulfonamides is 1. The van der Waals surface area contributed by atoms with Crippen molar-refractivity contribution in [1.29, 1.82) is 0 Å². The van der Waals surface area contributed by atoms with E-state index in [-0.39, 0.29) is 29.3 Å². The van der Waals surface area contributed by atoms with Crippen LogP contribution in [-0.4, -0.2) is 44.9 Å². The number of halogens is 1. The van der Waals surface area contributed by atoms with Gasteiger partial charge in [0.15, 0.2) is 0 Å². The minimum atomic E-state index is -3.84. The summed E-state index contributed by atoms with van der Waals surface area (Å²) >= 11 is 0. The van der Waals surface area contributed by atoms with E-state index in [0.717, 1.165) is 18.7 Å². The van der Waals surface area contributed by atoms with Gasteiger partial charge in [-0.15, -0.1) is 12.4 Å². The quantitative estimate of drug-likeness (QED) is 0.827. The van der Waals surface area contributed by atoms with E-state index in [9.17, 15) is 13.2 Å². The number of carbonyl (C=O) groups is 1. The second-order valence-electron chi connectivity index (χ2n) is 5.51. The van der Waals surface area contributed by atoms with E-state index in [0.29, 0.717) is 17.7 Å². The topological polar surface area (TPSA) is 92.5 Å². The first-order valence-electron chi connectivity index (χ1n) is 6.87. The van der Waals surface area contributed by atoms with Crippen molar-refractivity contribution in [3.8, 4) is 0 Å². The number of hydrogen-bond donors (Lipinski definition) is 2. The van der Waals surface area contributed by atoms with Gasteiger partial charge in [-0.05, 0) is 44.0 Å². The molecule has 1 aliphatic rings. The largest absolute Gasteiger partial charge is 0.333 e. The Morgan fingerprint density at radius 3 is 2.55 bits per heavy atom. The molecule has 124 valence electrons. The molecule has 1 aromatic rings. The molecule has 0 bridgehead atoms. The molecule has 22 heavy (non-hydrogen) atoms. The fraction of sp³-hybridized carbons (Fsp3) is 0.500. The van der Waals surface area contributed by atoms with Gasteiger partial charge in [-0.2, -0.15) is 0 Å². The minimum Gasteiger partial charge on any atom is -0.333 e. The van der Waals surface area contributed by atoms with E-state index >= 15 is 0 Å². The maximum absolute atomic E-state index is 12.6. The number of aryl methyl sites for hydroxylation is 1. The molecule has 0 spiro atoms. The van der Waals surface area contributed by atoms with Crippen molar-refractivity contribution >= 4 is 28.3 Å². The molecule has 1 aromatic carbocycles. The van der Waals surface area contributed by atoms with Crippen LogP contribution in [0.1, 0.15) is 28.4 Å². The van der Waals surface area contributed by atoms with Crippen molar-refractivity contribution in [3.05, 3.63) is 28.8 Å². The van der Waals surface area contributed by atoms with Crippen molar-refractivity contribution in [3.63, 3.8) is 0 Å². The standard InChI is InChI=1S/C14H21N3O3S.ClH/c1-9-6-12(7-13(11(9)3)21(15,19)20)14(18)17-5-4-16-8-10(17)2;/h6-7,10,16H,4-5,8H2,1-3H3,(H2,15,19,20);1H/t10-;/m1./s1. The summed E-state index contributed by atoms with van der Waals surface area (Å²) in [5, 5.41) is 8.46. The monoisotopic (exact) mass is 347 g/mol. The summed E-state index contributed by atoms with van der Waals surface area (Å²) in [6, 6.07) is 3.18. The molecule has 1 saturated heterocycles. The maximum Gasteiger partial charge on any atom is 0.254 e. The highest BCUT2D eigenvalue weighted by Crippen LogP contribution is 2.22. The molecular weight excluding hydrogens is 326 g/mol. The van der Waals surface area contributed by atoms with Gasteiger partial charge in [0, 0.05) is 31.2 Å². The number of nitrogens with zero attached hydrogens (tertiary/aromatic N) is 1. The molecular formula is C14H22ClN3O3S. The molecule has 3 N–H and O–H groups in total. The smallest absolute Gasteiger partial charge is 0.254 e. The Morgan fingerprint density at radius 2 is 2.00 bits per heavy atom. The first-order chi connectivity index (χ1) is 9.71. The molecule has 0 saturated carbocycles. The van der Waals surface area contributed by atoms with Crippen LogP contribution in [0.25, 0.3) is 0 Å². The lowest BCUT2D eigenvalue weighted by atomic mass is 10.0. The Bertz CT molecular complexity index is 676. The zero-order chi connectivity index (χ0) is 15.8. The van der Waals surface area contributed by atoms with Crippen LogP contribution in [0.3, 0.4) is 0 Å². The molecule has 1 heterocycles. The van der Waals surface area contributed by atoms with Crippen molar-refractivity contribution in [2.45, 2.75) is 31.7 Å². The predicted octanol–water partition coefficient (Wildman–Crippen LogP) is 0.807. The van der Waals surface area contributed by atoms with E-state index in [4.69, 9.17) is 5.14 Å². The summed E-state index contributed by atoms with van der Waals surface area (Å²) in [7, 11) is -3.84. The van der Waals surface area contributed by atoms with Crippen molar-refractivity contribution in [1.82, 2.24) is 10.2 Å². The highest BCUT2D eigenvalue weighted by Gasteiger charge is 2.26. The number of sulfonamides is 1. The lowest BCUT2D eigenvalue weighted by molar-refractivity contribution is 0.0655. The zero-order valence-electron chi connectivity index (χ0n) is 12.9. The normalized spacial score (nSPS) is 18.7. The molecule has 8 heteroatoms. The van der Waals surface area contributed by atoms with Gasteiger partial charge in [0.1, 0.15) is 0 Å². The third-order valence-corrected chi connectivity index (χ3v) is 4.97. The zero-order valence-corrected chi connectivity index (χ0v) is 14.6. The summed E-state index contributed by atoms with van der Waals surface area (Å²) in [6.45, 7) is 7.52. The molecule has 0 radical (unpaired) electrons. The number of amides is 1. The number of hydrogen-bond acceptors (Lipinski definition) is 4. The van der Waals surface area contributed by atoms with E-state index < -0.39 is 10.0 Å². The average Bonchev–Trinajstić information content (AvgIpc) is 2.40. The van der Waals surface area contributed by atoms with Gasteiger partial charge < -0.3 is 10.2 Å². The molecule has 1 fully saturated rings. The third-order valence-electron chi connectivity index (χ3n) is 3.94. The minimum absolute atomic E-state index is 0. The molecule has 1 atom stereocenters. The molecule has 0 unspecified atom stereocenters. The van der Waals surface area contributed by atoms with Gasteiger partial charge in [-0.1, -0.05) is 0 Å². The summed E-state index contributed by atoms with van der Waals surface area (Å²) in [5.74, 6) is -0.156. The number of carbonyl (C=O) groups excluding carboxylic acids is 1. The first-order valence-corrected chi connectivity index (χ1v) is 8.42. The number of nitrogens with two attached hydrogens (primary N) is 1. The van der Waals surface area contributed by atoms with Crippen LogP contribution in [0.2, 0.25) is 0 Å². The van der Waals surface area contributed by atoms with E-state index in [1.807, 2.05) is 6.92 Å². The fourth-order valence-electron chi connectivity index (χ4n) is 2.55. The number of nitrogens with one attached hydrogen (secondary N) is 1. The summed E-state index contributed by atoms with van der Waals surface area (Å²) in [6.07, 6.45) is 0. The molecule has 0 aliphatic carbocycles. The summed E-state index contributed by atoms with van der Waals surface area (Å²) in [4.78, 5) is 14.4. The second-order valence-corrected chi connectivity index (χ2v) is 7.04. The molecule has 0 aromatic heterocycles. The lowest BCUT2D eigenvalue weighted by Crippen LogP contribution is -2.52. The van der Waals surface area contributed by atoms with Crippen LogP contribution in [0.15, 0.2) is 17.0 Å². The predicted molar refractivity (Wildman–Crippen MR) is 87.9 cm³/mol. The van der Waals surface area contributed by atoms with Crippen molar-refractivity contribution in [2.75, 3.05) is 19.6 Å². The fourth-order valence-corrected chi connectivity index (χ4v) is 3.43. The Labute approximate surface area is 137 Å². The molecule has 2 rings (SSSR count). The van der Waals surface area contributed by atoms with Gasteiger partial charge in [-0.25, -0.2) is 13.6 Å². The van der Waals surface area contributed by atoms with Crippen LogP contribution in [0, 0.1) is 13.8 Å². The summed E-state index contributed by atoms with van der Waals surface area (Å²) < 4.78 is 23.3. The Balaban J connectivity index is 0.00000242. The molecule has 1 amide bonds. The highest BCUT2D eigenvalue weighted by molar-refractivity contribution is 7.89. The van der Waals surface area contributed by atoms with Gasteiger partial charge in [-0.3, -0.25) is 4.79 Å². The Hall–Kier alpha value is -1.15. The maximum atomic E-state index is 12.6. The first kappa shape index (κ1) is 18.9. The second kappa shape index (κ2) is 6.95. The van der Waals surface area contributed by atoms with Gasteiger partial charge in [0.05, 0.1) is 4.90 Å². The van der Waals surface area contributed by atoms with E-state index in [1.54, 1.807) is 24.8 Å². The number of rotatable bonds is 2. The summed E-state index contributed by atoms with van der Waals surface area (Å²) in [5.41, 5.74) is 1.70. The van der Waals surface area contributed by atoms with Crippen molar-refractivity contribution < 1.29 is 13.2 Å². The highest BCUT2D eigenvalue weighted by atomic mass is 35.5. The van der Waals surface area contributed by atoms with Crippen LogP contribution < -0.4 is 10.5 Å². The lowest BCUT2D eigenvalue weighted by Gasteiger charge is -2.34. The van der Waals surface area contributed by atoms with Gasteiger partial charge in [0.2, 0.25) is 10.0 Å². The number of benzene rings is 1. The average molecular weight is 348 g/mol. The number of piperazine rings is 1. The van der Waals surface area contributed by atoms with Crippen LogP contribution in [-0.2, 0) is 10.0 Å². The van der Waals surface area contributed by atoms with Crippen LogP contribution in [0.5, 0.6) is 0 Å². The SMILES string of the molecule is Cc1cc(C(=O)N2CCNC[C@H]2C)cc(S(N)(=O)=O)c1C.Cl. The third kappa shape index (κ3) is 3.78. The Kier molecular flexibility index (Phi) is 5.97. The molecule has 1 aliphatic heterocycles. The van der Waals surface area contributed by atoms with Gasteiger partial charge in [0.25, 0.3) is 5.91 Å². The van der Waals surface area contributed by atoms with Gasteiger partial charge >= 0.3 is 0 Å². The van der Waals surface area contributed by atoms with Crippen LogP contribution >= 0.6 is 12.4 Å². The van der Waals surface area contributed by atoms with E-state index in [2.05, 4.69) is 5.32 Å². The van der Waals surface area contributed by atoms with Crippen LogP contribution in [0.4, 0.5) is 0 Å². The molecule has 6 nitrogen and oxygen atoms in total. The van der Waals surface area contributed by atoms with Crippen molar-refractivity contribution in [2.24, 2.45) is 5.14 Å². The Morgan fingerprint density at radius 1 is 1.36 bits per heavy atom.